The Hall–Kier alpha value is -4.55. The van der Waals surface area contributed by atoms with E-state index in [0.29, 0.717) is 33.3 Å². The summed E-state index contributed by atoms with van der Waals surface area (Å²) in [5.41, 5.74) is 1.23. The molecule has 2 N–H and O–H groups in total. The van der Waals surface area contributed by atoms with Gasteiger partial charge in [0.05, 0.1) is 11.6 Å². The van der Waals surface area contributed by atoms with Crippen molar-refractivity contribution in [1.82, 2.24) is 0 Å². The number of anilines is 1. The van der Waals surface area contributed by atoms with Gasteiger partial charge in [0, 0.05) is 16.3 Å². The highest BCUT2D eigenvalue weighted by Crippen LogP contribution is 2.43. The van der Waals surface area contributed by atoms with E-state index >= 15 is 0 Å². The fourth-order valence-corrected chi connectivity index (χ4v) is 4.35. The topological polar surface area (TPSA) is 87.1 Å². The van der Waals surface area contributed by atoms with E-state index in [0.717, 1.165) is 0 Å². The average molecular weight is 498 g/mol. The van der Waals surface area contributed by atoms with E-state index in [2.05, 4.69) is 0 Å². The summed E-state index contributed by atoms with van der Waals surface area (Å²) < 4.78 is 5.84. The molecule has 0 radical (unpaired) electrons. The number of benzene rings is 4. The maximum atomic E-state index is 13.3. The van der Waals surface area contributed by atoms with Gasteiger partial charge in [0.1, 0.15) is 23.0 Å². The molecule has 0 aliphatic carbocycles. The lowest BCUT2D eigenvalue weighted by molar-refractivity contribution is -0.132. The Kier molecular flexibility index (Phi) is 6.19. The van der Waals surface area contributed by atoms with Crippen LogP contribution in [0, 0.1) is 0 Å². The van der Waals surface area contributed by atoms with Crippen LogP contribution < -0.4 is 9.64 Å². The van der Waals surface area contributed by atoms with Crippen molar-refractivity contribution in [3.05, 3.63) is 125 Å². The van der Waals surface area contributed by atoms with Crippen LogP contribution in [0.3, 0.4) is 0 Å². The molecule has 1 unspecified atom stereocenters. The molecular formula is C29H20ClNO5. The number of hydrogen-bond acceptors (Lipinski definition) is 5. The first-order valence-corrected chi connectivity index (χ1v) is 11.5. The van der Waals surface area contributed by atoms with E-state index in [1.807, 2.05) is 30.3 Å². The minimum Gasteiger partial charge on any atom is -0.508 e. The zero-order chi connectivity index (χ0) is 25.2. The van der Waals surface area contributed by atoms with Gasteiger partial charge < -0.3 is 14.9 Å². The molecule has 1 saturated heterocycles. The number of ether oxygens (including phenoxy) is 1. The third-order valence-electron chi connectivity index (χ3n) is 5.85. The SMILES string of the molecule is O=C1C(=O)N(c2ccc(Oc3ccccc3)cc2)C(c2ccc(O)cc2)/C1=C(/O)c1cccc(Cl)c1. The van der Waals surface area contributed by atoms with Gasteiger partial charge in [0.2, 0.25) is 0 Å². The number of aliphatic hydroxyl groups is 1. The van der Waals surface area contributed by atoms with Crippen molar-refractivity contribution >= 4 is 34.7 Å². The smallest absolute Gasteiger partial charge is 0.300 e. The quantitative estimate of drug-likeness (QED) is 0.187. The monoisotopic (exact) mass is 497 g/mol. The van der Waals surface area contributed by atoms with Crippen molar-refractivity contribution in [2.45, 2.75) is 6.04 Å². The van der Waals surface area contributed by atoms with Crippen LogP contribution in [0.4, 0.5) is 5.69 Å². The Morgan fingerprint density at radius 3 is 2.14 bits per heavy atom. The zero-order valence-corrected chi connectivity index (χ0v) is 19.6. The summed E-state index contributed by atoms with van der Waals surface area (Å²) in [5.74, 6) is -0.685. The molecule has 6 nitrogen and oxygen atoms in total. The van der Waals surface area contributed by atoms with Gasteiger partial charge in [-0.05, 0) is 66.2 Å². The van der Waals surface area contributed by atoms with Crippen molar-refractivity contribution in [2.75, 3.05) is 4.90 Å². The number of rotatable bonds is 5. The van der Waals surface area contributed by atoms with Crippen LogP contribution in [0.15, 0.2) is 109 Å². The maximum Gasteiger partial charge on any atom is 0.300 e. The first-order valence-electron chi connectivity index (χ1n) is 11.1. The Morgan fingerprint density at radius 1 is 0.806 bits per heavy atom. The molecule has 0 bridgehead atoms. The average Bonchev–Trinajstić information content (AvgIpc) is 3.15. The van der Waals surface area contributed by atoms with Crippen LogP contribution in [-0.4, -0.2) is 21.9 Å². The molecule has 1 aliphatic rings. The summed E-state index contributed by atoms with van der Waals surface area (Å²) in [6.07, 6.45) is 0. The highest BCUT2D eigenvalue weighted by molar-refractivity contribution is 6.51. The minimum absolute atomic E-state index is 0.0351. The summed E-state index contributed by atoms with van der Waals surface area (Å²) in [5, 5.41) is 21.3. The van der Waals surface area contributed by atoms with E-state index in [1.165, 1.54) is 23.1 Å². The van der Waals surface area contributed by atoms with E-state index in [-0.39, 0.29) is 17.1 Å². The minimum atomic E-state index is -0.925. The van der Waals surface area contributed by atoms with Crippen LogP contribution >= 0.6 is 11.6 Å². The van der Waals surface area contributed by atoms with Crippen LogP contribution in [0.25, 0.3) is 5.76 Å². The largest absolute Gasteiger partial charge is 0.508 e. The maximum absolute atomic E-state index is 13.3. The van der Waals surface area contributed by atoms with Gasteiger partial charge in [-0.15, -0.1) is 0 Å². The first-order chi connectivity index (χ1) is 17.4. The molecule has 36 heavy (non-hydrogen) atoms. The molecule has 178 valence electrons. The molecule has 1 atom stereocenters. The molecular weight excluding hydrogens is 478 g/mol. The van der Waals surface area contributed by atoms with E-state index in [1.54, 1.807) is 54.6 Å². The summed E-state index contributed by atoms with van der Waals surface area (Å²) >= 11 is 6.09. The fraction of sp³-hybridized carbons (Fsp3) is 0.0345. The standard InChI is InChI=1S/C29H20ClNO5/c30-20-6-4-5-19(17-20)27(33)25-26(18-9-13-22(32)14-10-18)31(29(35)28(25)34)21-11-15-24(16-12-21)36-23-7-2-1-3-8-23/h1-17,26,32-33H/b27-25-. The second-order valence-electron chi connectivity index (χ2n) is 8.18. The van der Waals surface area contributed by atoms with Crippen molar-refractivity contribution in [3.63, 3.8) is 0 Å². The number of Topliss-reactive ketones (excluding diaryl/α,β-unsaturated/α-hetero) is 1. The second-order valence-corrected chi connectivity index (χ2v) is 8.62. The predicted molar refractivity (Wildman–Crippen MR) is 137 cm³/mol. The number of carbonyl (C=O) groups is 2. The molecule has 4 aromatic carbocycles. The molecule has 0 spiro atoms. The van der Waals surface area contributed by atoms with Crippen LogP contribution in [0.5, 0.6) is 17.2 Å². The number of phenolic OH excluding ortho intramolecular Hbond substituents is 1. The number of hydrogen-bond donors (Lipinski definition) is 2. The normalized spacial score (nSPS) is 16.8. The Morgan fingerprint density at radius 2 is 1.47 bits per heavy atom. The molecule has 0 saturated carbocycles. The first kappa shape index (κ1) is 23.2. The van der Waals surface area contributed by atoms with Gasteiger partial charge >= 0.3 is 0 Å². The molecule has 1 fully saturated rings. The lowest BCUT2D eigenvalue weighted by Crippen LogP contribution is -2.29. The number of amides is 1. The number of phenols is 1. The molecule has 5 rings (SSSR count). The molecule has 1 amide bonds. The van der Waals surface area contributed by atoms with Crippen molar-refractivity contribution in [2.24, 2.45) is 0 Å². The highest BCUT2D eigenvalue weighted by atomic mass is 35.5. The third kappa shape index (κ3) is 4.42. The Bertz CT molecular complexity index is 1460. The lowest BCUT2D eigenvalue weighted by atomic mass is 9.95. The summed E-state index contributed by atoms with van der Waals surface area (Å²) in [7, 11) is 0. The van der Waals surface area contributed by atoms with Gasteiger partial charge in [0.15, 0.2) is 0 Å². The summed E-state index contributed by atoms with van der Waals surface area (Å²) in [6.45, 7) is 0. The fourth-order valence-electron chi connectivity index (χ4n) is 4.16. The van der Waals surface area contributed by atoms with E-state index < -0.39 is 17.7 Å². The number of halogens is 1. The predicted octanol–water partition coefficient (Wildman–Crippen LogP) is 6.46. The molecule has 4 aromatic rings. The number of ketones is 1. The van der Waals surface area contributed by atoms with Gasteiger partial charge in [-0.2, -0.15) is 0 Å². The number of nitrogens with zero attached hydrogens (tertiary/aromatic N) is 1. The van der Waals surface area contributed by atoms with E-state index in [4.69, 9.17) is 16.3 Å². The van der Waals surface area contributed by atoms with Crippen LogP contribution in [-0.2, 0) is 9.59 Å². The number of carbonyl (C=O) groups excluding carboxylic acids is 2. The summed E-state index contributed by atoms with van der Waals surface area (Å²) in [4.78, 5) is 27.8. The second kappa shape index (κ2) is 9.60. The Balaban J connectivity index is 1.59. The van der Waals surface area contributed by atoms with Crippen molar-refractivity contribution in [3.8, 4) is 17.2 Å². The summed E-state index contributed by atoms with van der Waals surface area (Å²) in [6, 6.07) is 27.7. The molecule has 7 heteroatoms. The highest BCUT2D eigenvalue weighted by Gasteiger charge is 2.47. The van der Waals surface area contributed by atoms with E-state index in [9.17, 15) is 19.8 Å². The van der Waals surface area contributed by atoms with Crippen molar-refractivity contribution < 1.29 is 24.5 Å². The number of aliphatic hydroxyl groups excluding tert-OH is 1. The number of para-hydroxylation sites is 1. The lowest BCUT2D eigenvalue weighted by Gasteiger charge is -2.25. The van der Waals surface area contributed by atoms with Crippen LogP contribution in [0.2, 0.25) is 5.02 Å². The Labute approximate surface area is 212 Å². The van der Waals surface area contributed by atoms with Gasteiger partial charge in [-0.25, -0.2) is 0 Å². The number of aromatic hydroxyl groups is 1. The molecule has 1 heterocycles. The zero-order valence-electron chi connectivity index (χ0n) is 18.8. The van der Waals surface area contributed by atoms with Crippen LogP contribution in [0.1, 0.15) is 17.2 Å². The molecule has 0 aromatic heterocycles. The van der Waals surface area contributed by atoms with Gasteiger partial charge in [-0.1, -0.05) is 54.1 Å². The van der Waals surface area contributed by atoms with Gasteiger partial charge in [-0.3, -0.25) is 14.5 Å². The molecule has 1 aliphatic heterocycles. The van der Waals surface area contributed by atoms with Crippen molar-refractivity contribution in [1.29, 1.82) is 0 Å². The third-order valence-corrected chi connectivity index (χ3v) is 6.08. The van der Waals surface area contributed by atoms with Gasteiger partial charge in [0.25, 0.3) is 11.7 Å².